The minimum Gasteiger partial charge on any atom is -0.494 e. The van der Waals surface area contributed by atoms with Crippen molar-refractivity contribution in [2.45, 2.75) is 13.5 Å². The Labute approximate surface area is 113 Å². The van der Waals surface area contributed by atoms with E-state index in [1.54, 1.807) is 13.3 Å². The molecule has 1 N–H and O–H groups in total. The second kappa shape index (κ2) is 6.64. The number of para-hydroxylation sites is 1. The lowest BCUT2D eigenvalue weighted by molar-refractivity contribution is 0.337. The minimum absolute atomic E-state index is 0.594. The van der Waals surface area contributed by atoms with Gasteiger partial charge in [0, 0.05) is 18.3 Å². The van der Waals surface area contributed by atoms with E-state index < -0.39 is 0 Å². The largest absolute Gasteiger partial charge is 0.494 e. The van der Waals surface area contributed by atoms with Crippen LogP contribution in [0.4, 0.5) is 5.69 Å². The molecule has 0 saturated heterocycles. The summed E-state index contributed by atoms with van der Waals surface area (Å²) in [6.45, 7) is 3.31. The van der Waals surface area contributed by atoms with Crippen molar-refractivity contribution in [3.63, 3.8) is 0 Å². The smallest absolute Gasteiger partial charge is 0.237 e. The lowest BCUT2D eigenvalue weighted by atomic mass is 10.2. The molecule has 0 atom stereocenters. The summed E-state index contributed by atoms with van der Waals surface area (Å²) in [7, 11) is 1.61. The zero-order valence-corrected chi connectivity index (χ0v) is 11.2. The van der Waals surface area contributed by atoms with Crippen molar-refractivity contribution in [3.8, 4) is 11.6 Å². The van der Waals surface area contributed by atoms with E-state index in [1.165, 1.54) is 0 Å². The fourth-order valence-electron chi connectivity index (χ4n) is 1.82. The van der Waals surface area contributed by atoms with E-state index >= 15 is 0 Å². The molecule has 4 heteroatoms. The van der Waals surface area contributed by atoms with E-state index in [4.69, 9.17) is 9.47 Å². The van der Waals surface area contributed by atoms with Gasteiger partial charge in [-0.15, -0.1) is 0 Å². The third-order valence-electron chi connectivity index (χ3n) is 2.71. The van der Waals surface area contributed by atoms with E-state index in [0.717, 1.165) is 17.0 Å². The Morgan fingerprint density at radius 1 is 1.16 bits per heavy atom. The van der Waals surface area contributed by atoms with Crippen LogP contribution in [0.1, 0.15) is 12.5 Å². The average molecular weight is 258 g/mol. The number of ether oxygens (including phenoxy) is 2. The SMILES string of the molecule is CCOc1ccccc1CNc1cccnc1OC. The molecule has 0 bridgehead atoms. The molecule has 0 fully saturated rings. The predicted octanol–water partition coefficient (Wildman–Crippen LogP) is 3.10. The molecule has 0 aliphatic heterocycles. The number of nitrogens with one attached hydrogen (secondary N) is 1. The van der Waals surface area contributed by atoms with Crippen LogP contribution in [0.3, 0.4) is 0 Å². The van der Waals surface area contributed by atoms with E-state index in [1.807, 2.05) is 43.3 Å². The molecule has 2 rings (SSSR count). The van der Waals surface area contributed by atoms with Crippen LogP contribution in [-0.2, 0) is 6.54 Å². The minimum atomic E-state index is 0.594. The first-order valence-corrected chi connectivity index (χ1v) is 6.28. The van der Waals surface area contributed by atoms with Crippen molar-refractivity contribution in [3.05, 3.63) is 48.2 Å². The molecule has 0 aliphatic carbocycles. The Kier molecular flexibility index (Phi) is 4.61. The summed E-state index contributed by atoms with van der Waals surface area (Å²) in [6.07, 6.45) is 1.71. The molecule has 1 aromatic carbocycles. The highest BCUT2D eigenvalue weighted by molar-refractivity contribution is 5.52. The molecular formula is C15H18N2O2. The molecule has 0 radical (unpaired) electrons. The lowest BCUT2D eigenvalue weighted by Crippen LogP contribution is -2.04. The van der Waals surface area contributed by atoms with E-state index in [9.17, 15) is 0 Å². The van der Waals surface area contributed by atoms with Gasteiger partial charge in [-0.2, -0.15) is 0 Å². The van der Waals surface area contributed by atoms with Crippen LogP contribution >= 0.6 is 0 Å². The Bertz CT molecular complexity index is 529. The van der Waals surface area contributed by atoms with Gasteiger partial charge in [0.05, 0.1) is 19.4 Å². The van der Waals surface area contributed by atoms with Crippen LogP contribution in [0, 0.1) is 0 Å². The molecule has 2 aromatic rings. The lowest BCUT2D eigenvalue weighted by Gasteiger charge is -2.13. The first-order chi connectivity index (χ1) is 9.35. The number of hydrogen-bond donors (Lipinski definition) is 1. The highest BCUT2D eigenvalue weighted by Gasteiger charge is 2.05. The topological polar surface area (TPSA) is 43.4 Å². The van der Waals surface area contributed by atoms with Crippen molar-refractivity contribution in [1.29, 1.82) is 0 Å². The molecule has 4 nitrogen and oxygen atoms in total. The molecular weight excluding hydrogens is 240 g/mol. The van der Waals surface area contributed by atoms with Gasteiger partial charge in [0.2, 0.25) is 5.88 Å². The maximum Gasteiger partial charge on any atom is 0.237 e. The van der Waals surface area contributed by atoms with Crippen molar-refractivity contribution in [1.82, 2.24) is 4.98 Å². The number of anilines is 1. The standard InChI is InChI=1S/C15H18N2O2/c1-3-19-14-9-5-4-7-12(14)11-17-13-8-6-10-16-15(13)18-2/h4-10,17H,3,11H2,1-2H3. The van der Waals surface area contributed by atoms with Gasteiger partial charge in [-0.1, -0.05) is 18.2 Å². The summed E-state index contributed by atoms with van der Waals surface area (Å²) in [6, 6.07) is 11.8. The van der Waals surface area contributed by atoms with Gasteiger partial charge < -0.3 is 14.8 Å². The van der Waals surface area contributed by atoms with Crippen molar-refractivity contribution < 1.29 is 9.47 Å². The molecule has 0 aliphatic rings. The Balaban J connectivity index is 2.10. The first-order valence-electron chi connectivity index (χ1n) is 6.28. The monoisotopic (exact) mass is 258 g/mol. The number of aromatic nitrogens is 1. The Morgan fingerprint density at radius 2 is 2.00 bits per heavy atom. The van der Waals surface area contributed by atoms with E-state index in [2.05, 4.69) is 10.3 Å². The van der Waals surface area contributed by atoms with Crippen molar-refractivity contribution in [2.75, 3.05) is 19.0 Å². The quantitative estimate of drug-likeness (QED) is 0.864. The molecule has 0 amide bonds. The van der Waals surface area contributed by atoms with Crippen LogP contribution in [-0.4, -0.2) is 18.7 Å². The van der Waals surface area contributed by atoms with E-state index in [-0.39, 0.29) is 0 Å². The fraction of sp³-hybridized carbons (Fsp3) is 0.267. The third kappa shape index (κ3) is 3.37. The maximum atomic E-state index is 5.60. The molecule has 1 heterocycles. The van der Waals surface area contributed by atoms with Crippen molar-refractivity contribution in [2.24, 2.45) is 0 Å². The molecule has 0 saturated carbocycles. The molecule has 100 valence electrons. The van der Waals surface area contributed by atoms with Gasteiger partial charge in [0.25, 0.3) is 0 Å². The Morgan fingerprint density at radius 3 is 2.79 bits per heavy atom. The number of pyridine rings is 1. The summed E-state index contributed by atoms with van der Waals surface area (Å²) in [5.74, 6) is 1.50. The fourth-order valence-corrected chi connectivity index (χ4v) is 1.82. The molecule has 19 heavy (non-hydrogen) atoms. The molecule has 0 spiro atoms. The van der Waals surface area contributed by atoms with Gasteiger partial charge in [-0.25, -0.2) is 4.98 Å². The number of nitrogens with zero attached hydrogens (tertiary/aromatic N) is 1. The Hall–Kier alpha value is -2.23. The summed E-state index contributed by atoms with van der Waals surface area (Å²) in [4.78, 5) is 4.15. The van der Waals surface area contributed by atoms with Crippen LogP contribution in [0.2, 0.25) is 0 Å². The third-order valence-corrected chi connectivity index (χ3v) is 2.71. The number of rotatable bonds is 6. The molecule has 0 unspecified atom stereocenters. The number of hydrogen-bond acceptors (Lipinski definition) is 4. The highest BCUT2D eigenvalue weighted by atomic mass is 16.5. The highest BCUT2D eigenvalue weighted by Crippen LogP contribution is 2.23. The van der Waals surface area contributed by atoms with Gasteiger partial charge >= 0.3 is 0 Å². The average Bonchev–Trinajstić information content (AvgIpc) is 2.47. The number of methoxy groups -OCH3 is 1. The van der Waals surface area contributed by atoms with Crippen LogP contribution < -0.4 is 14.8 Å². The second-order valence-corrected chi connectivity index (χ2v) is 3.95. The van der Waals surface area contributed by atoms with Gasteiger partial charge in [-0.3, -0.25) is 0 Å². The van der Waals surface area contributed by atoms with Crippen LogP contribution in [0.15, 0.2) is 42.6 Å². The summed E-state index contributed by atoms with van der Waals surface area (Å²) >= 11 is 0. The van der Waals surface area contributed by atoms with Crippen LogP contribution in [0.5, 0.6) is 11.6 Å². The first kappa shape index (κ1) is 13.2. The number of benzene rings is 1. The van der Waals surface area contributed by atoms with Gasteiger partial charge in [0.15, 0.2) is 0 Å². The van der Waals surface area contributed by atoms with Crippen molar-refractivity contribution >= 4 is 5.69 Å². The molecule has 1 aromatic heterocycles. The summed E-state index contributed by atoms with van der Waals surface area (Å²) < 4.78 is 10.8. The summed E-state index contributed by atoms with van der Waals surface area (Å²) in [5.41, 5.74) is 1.98. The normalized spacial score (nSPS) is 10.0. The second-order valence-electron chi connectivity index (χ2n) is 3.95. The zero-order chi connectivity index (χ0) is 13.5. The predicted molar refractivity (Wildman–Crippen MR) is 75.7 cm³/mol. The zero-order valence-electron chi connectivity index (χ0n) is 11.2. The van der Waals surface area contributed by atoms with Gasteiger partial charge in [-0.05, 0) is 25.1 Å². The van der Waals surface area contributed by atoms with Crippen LogP contribution in [0.25, 0.3) is 0 Å². The van der Waals surface area contributed by atoms with E-state index in [0.29, 0.717) is 19.0 Å². The maximum absolute atomic E-state index is 5.60. The summed E-state index contributed by atoms with van der Waals surface area (Å²) in [5, 5.41) is 3.31. The van der Waals surface area contributed by atoms with Gasteiger partial charge in [0.1, 0.15) is 5.75 Å².